The molecule has 32 heavy (non-hydrogen) atoms. The van der Waals surface area contributed by atoms with E-state index in [9.17, 15) is 13.2 Å². The van der Waals surface area contributed by atoms with Crippen LogP contribution in [-0.2, 0) is 21.2 Å². The van der Waals surface area contributed by atoms with Crippen molar-refractivity contribution in [3.63, 3.8) is 0 Å². The van der Waals surface area contributed by atoms with Crippen molar-refractivity contribution in [2.24, 2.45) is 0 Å². The molecule has 0 aliphatic heterocycles. The Bertz CT molecular complexity index is 1110. The zero-order valence-electron chi connectivity index (χ0n) is 18.2. The highest BCUT2D eigenvalue weighted by atomic mass is 32.2. The SMILES string of the molecule is CC[C@@H](Oc1ccc(C)cc1)C(=O)Nc1ccc(S(=O)(=O)NCCc2ccccc2)cc1. The molecule has 3 aromatic carbocycles. The molecule has 0 saturated carbocycles. The van der Waals surface area contributed by atoms with E-state index in [0.717, 1.165) is 11.1 Å². The summed E-state index contributed by atoms with van der Waals surface area (Å²) in [7, 11) is -3.63. The van der Waals surface area contributed by atoms with Gasteiger partial charge in [-0.3, -0.25) is 4.79 Å². The van der Waals surface area contributed by atoms with Crippen LogP contribution in [0, 0.1) is 6.92 Å². The molecule has 1 atom stereocenters. The molecule has 0 aliphatic rings. The molecule has 0 radical (unpaired) electrons. The third-order valence-corrected chi connectivity index (χ3v) is 6.42. The Morgan fingerprint density at radius 2 is 1.59 bits per heavy atom. The monoisotopic (exact) mass is 452 g/mol. The number of rotatable bonds is 10. The van der Waals surface area contributed by atoms with Gasteiger partial charge in [-0.05, 0) is 61.7 Å². The summed E-state index contributed by atoms with van der Waals surface area (Å²) in [6.45, 7) is 4.16. The lowest BCUT2D eigenvalue weighted by Crippen LogP contribution is -2.32. The van der Waals surface area contributed by atoms with Crippen molar-refractivity contribution < 1.29 is 17.9 Å². The van der Waals surface area contributed by atoms with Crippen molar-refractivity contribution >= 4 is 21.6 Å². The summed E-state index contributed by atoms with van der Waals surface area (Å²) >= 11 is 0. The van der Waals surface area contributed by atoms with Crippen LogP contribution in [0.5, 0.6) is 5.75 Å². The standard InChI is InChI=1S/C25H28N2O4S/c1-3-24(31-22-13-9-19(2)10-14-22)25(28)27-21-11-15-23(16-12-21)32(29,30)26-18-17-20-7-5-4-6-8-20/h4-16,24,26H,3,17-18H2,1-2H3,(H,27,28)/t24-/m1/s1. The summed E-state index contributed by atoms with van der Waals surface area (Å²) in [6, 6.07) is 23.3. The summed E-state index contributed by atoms with van der Waals surface area (Å²) in [4.78, 5) is 12.8. The lowest BCUT2D eigenvalue weighted by molar-refractivity contribution is -0.122. The molecule has 0 fully saturated rings. The van der Waals surface area contributed by atoms with Crippen molar-refractivity contribution in [3.8, 4) is 5.75 Å². The minimum absolute atomic E-state index is 0.145. The first kappa shape index (κ1) is 23.5. The largest absolute Gasteiger partial charge is 0.481 e. The maximum atomic E-state index is 12.6. The summed E-state index contributed by atoms with van der Waals surface area (Å²) < 4.78 is 33.4. The Morgan fingerprint density at radius 1 is 0.938 bits per heavy atom. The molecule has 0 heterocycles. The van der Waals surface area contributed by atoms with E-state index in [1.54, 1.807) is 12.1 Å². The van der Waals surface area contributed by atoms with E-state index in [1.807, 2.05) is 68.4 Å². The van der Waals surface area contributed by atoms with Gasteiger partial charge in [0.25, 0.3) is 5.91 Å². The number of carbonyl (C=O) groups excluding carboxylic acids is 1. The fraction of sp³-hybridized carbons (Fsp3) is 0.240. The fourth-order valence-corrected chi connectivity index (χ4v) is 4.13. The predicted octanol–water partition coefficient (Wildman–Crippen LogP) is 4.31. The van der Waals surface area contributed by atoms with Gasteiger partial charge in [0.15, 0.2) is 6.10 Å². The molecular formula is C25H28N2O4S. The average Bonchev–Trinajstić information content (AvgIpc) is 2.79. The Labute approximate surface area is 189 Å². The normalized spacial score (nSPS) is 12.2. The van der Waals surface area contributed by atoms with Gasteiger partial charge in [-0.15, -0.1) is 0 Å². The van der Waals surface area contributed by atoms with Gasteiger partial charge in [-0.1, -0.05) is 55.0 Å². The topological polar surface area (TPSA) is 84.5 Å². The molecule has 6 nitrogen and oxygen atoms in total. The van der Waals surface area contributed by atoms with Gasteiger partial charge in [-0.25, -0.2) is 13.1 Å². The lowest BCUT2D eigenvalue weighted by atomic mass is 10.2. The predicted molar refractivity (Wildman–Crippen MR) is 126 cm³/mol. The zero-order chi connectivity index (χ0) is 23.0. The third-order valence-electron chi connectivity index (χ3n) is 4.94. The van der Waals surface area contributed by atoms with E-state index in [4.69, 9.17) is 4.74 Å². The van der Waals surface area contributed by atoms with Crippen molar-refractivity contribution in [2.75, 3.05) is 11.9 Å². The van der Waals surface area contributed by atoms with Crippen molar-refractivity contribution in [3.05, 3.63) is 90.0 Å². The van der Waals surface area contributed by atoms with E-state index in [2.05, 4.69) is 10.0 Å². The van der Waals surface area contributed by atoms with Crippen molar-refractivity contribution in [1.29, 1.82) is 0 Å². The zero-order valence-corrected chi connectivity index (χ0v) is 19.1. The molecule has 0 bridgehead atoms. The van der Waals surface area contributed by atoms with Crippen LogP contribution in [0.2, 0.25) is 0 Å². The molecule has 0 aromatic heterocycles. The van der Waals surface area contributed by atoms with Crippen LogP contribution in [0.25, 0.3) is 0 Å². The minimum Gasteiger partial charge on any atom is -0.481 e. The molecule has 168 valence electrons. The van der Waals surface area contributed by atoms with Gasteiger partial charge in [0.2, 0.25) is 10.0 Å². The van der Waals surface area contributed by atoms with Gasteiger partial charge in [0.1, 0.15) is 5.75 Å². The minimum atomic E-state index is -3.63. The van der Waals surface area contributed by atoms with E-state index in [-0.39, 0.29) is 10.8 Å². The van der Waals surface area contributed by atoms with Crippen LogP contribution >= 0.6 is 0 Å². The Balaban J connectivity index is 1.56. The Hall–Kier alpha value is -3.16. The number of anilines is 1. The number of ether oxygens (including phenoxy) is 1. The van der Waals surface area contributed by atoms with Gasteiger partial charge >= 0.3 is 0 Å². The molecule has 0 aliphatic carbocycles. The van der Waals surface area contributed by atoms with E-state index < -0.39 is 16.1 Å². The number of nitrogens with one attached hydrogen (secondary N) is 2. The van der Waals surface area contributed by atoms with Crippen LogP contribution in [0.3, 0.4) is 0 Å². The number of aryl methyl sites for hydroxylation is 1. The number of hydrogen-bond acceptors (Lipinski definition) is 4. The number of hydrogen-bond donors (Lipinski definition) is 2. The van der Waals surface area contributed by atoms with Crippen LogP contribution in [0.1, 0.15) is 24.5 Å². The van der Waals surface area contributed by atoms with Crippen molar-refractivity contribution in [2.45, 2.75) is 37.7 Å². The van der Waals surface area contributed by atoms with Gasteiger partial charge < -0.3 is 10.1 Å². The summed E-state index contributed by atoms with van der Waals surface area (Å²) in [5.74, 6) is 0.338. The van der Waals surface area contributed by atoms with E-state index >= 15 is 0 Å². The maximum Gasteiger partial charge on any atom is 0.265 e. The fourth-order valence-electron chi connectivity index (χ4n) is 3.10. The molecule has 7 heteroatoms. The molecular weight excluding hydrogens is 424 g/mol. The van der Waals surface area contributed by atoms with Crippen LogP contribution in [-0.4, -0.2) is 27.0 Å². The average molecular weight is 453 g/mol. The lowest BCUT2D eigenvalue weighted by Gasteiger charge is -2.17. The van der Waals surface area contributed by atoms with Gasteiger partial charge in [-0.2, -0.15) is 0 Å². The first-order chi connectivity index (χ1) is 15.4. The number of sulfonamides is 1. The first-order valence-corrected chi connectivity index (χ1v) is 12.0. The first-order valence-electron chi connectivity index (χ1n) is 10.6. The molecule has 0 saturated heterocycles. The molecule has 3 aromatic rings. The van der Waals surface area contributed by atoms with Crippen LogP contribution in [0.4, 0.5) is 5.69 Å². The highest BCUT2D eigenvalue weighted by Gasteiger charge is 2.19. The van der Waals surface area contributed by atoms with Crippen LogP contribution < -0.4 is 14.8 Å². The quantitative estimate of drug-likeness (QED) is 0.480. The van der Waals surface area contributed by atoms with Crippen LogP contribution in [0.15, 0.2) is 83.8 Å². The molecule has 0 unspecified atom stereocenters. The Kier molecular flexibility index (Phi) is 8.03. The van der Waals surface area contributed by atoms with Gasteiger partial charge in [0, 0.05) is 12.2 Å². The number of carbonyl (C=O) groups is 1. The second-order valence-corrected chi connectivity index (χ2v) is 9.24. The number of amides is 1. The highest BCUT2D eigenvalue weighted by molar-refractivity contribution is 7.89. The Morgan fingerprint density at radius 3 is 2.22 bits per heavy atom. The maximum absolute atomic E-state index is 12.6. The smallest absolute Gasteiger partial charge is 0.265 e. The molecule has 2 N–H and O–H groups in total. The number of benzene rings is 3. The summed E-state index contributed by atoms with van der Waals surface area (Å²) in [6.07, 6.45) is 0.450. The summed E-state index contributed by atoms with van der Waals surface area (Å²) in [5, 5.41) is 2.79. The summed E-state index contributed by atoms with van der Waals surface area (Å²) in [5.41, 5.74) is 2.68. The third kappa shape index (κ3) is 6.67. The van der Waals surface area contributed by atoms with E-state index in [1.165, 1.54) is 12.1 Å². The van der Waals surface area contributed by atoms with Crippen molar-refractivity contribution in [1.82, 2.24) is 4.72 Å². The highest BCUT2D eigenvalue weighted by Crippen LogP contribution is 2.18. The molecule has 3 rings (SSSR count). The van der Waals surface area contributed by atoms with Gasteiger partial charge in [0.05, 0.1) is 4.90 Å². The molecule has 0 spiro atoms. The molecule has 1 amide bonds. The second-order valence-electron chi connectivity index (χ2n) is 7.47. The van der Waals surface area contributed by atoms with E-state index in [0.29, 0.717) is 30.8 Å². The second kappa shape index (κ2) is 10.9.